The molecule has 0 bridgehead atoms. The molecule has 17 heavy (non-hydrogen) atoms. The maximum atomic E-state index is 11.1. The highest BCUT2D eigenvalue weighted by Crippen LogP contribution is 2.29. The van der Waals surface area contributed by atoms with E-state index in [9.17, 15) is 4.79 Å². The van der Waals surface area contributed by atoms with E-state index < -0.39 is 5.97 Å². The first-order valence-corrected chi connectivity index (χ1v) is 5.76. The molecule has 0 fully saturated rings. The van der Waals surface area contributed by atoms with Crippen LogP contribution in [0.15, 0.2) is 46.7 Å². The third-order valence-corrected chi connectivity index (χ3v) is 3.16. The van der Waals surface area contributed by atoms with Crippen molar-refractivity contribution in [1.29, 1.82) is 0 Å². The van der Waals surface area contributed by atoms with Crippen LogP contribution in [0.3, 0.4) is 0 Å². The van der Waals surface area contributed by atoms with E-state index in [4.69, 9.17) is 5.11 Å². The predicted molar refractivity (Wildman–Crippen MR) is 64.3 cm³/mol. The summed E-state index contributed by atoms with van der Waals surface area (Å²) in [6, 6.07) is 7.09. The van der Waals surface area contributed by atoms with Gasteiger partial charge >= 0.3 is 5.97 Å². The highest BCUT2D eigenvalue weighted by Gasteiger charge is 2.11. The molecular weight excluding hydrogens is 236 g/mol. The third kappa shape index (κ3) is 2.82. The summed E-state index contributed by atoms with van der Waals surface area (Å²) >= 11 is 1.32. The summed E-state index contributed by atoms with van der Waals surface area (Å²) in [6.07, 6.45) is 3.07. The maximum Gasteiger partial charge on any atom is 0.336 e. The fourth-order valence-electron chi connectivity index (χ4n) is 1.35. The highest BCUT2D eigenvalue weighted by molar-refractivity contribution is 7.99. The second-order valence-electron chi connectivity index (χ2n) is 3.45. The molecule has 0 radical (unpaired) electrons. The second kappa shape index (κ2) is 4.97. The van der Waals surface area contributed by atoms with Gasteiger partial charge < -0.3 is 5.11 Å². The zero-order valence-electron chi connectivity index (χ0n) is 9.12. The fraction of sp³-hybridized carbons (Fsp3) is 0.0833. The first kappa shape index (κ1) is 11.6. The van der Waals surface area contributed by atoms with Gasteiger partial charge in [0.1, 0.15) is 11.4 Å². The topological polar surface area (TPSA) is 63.1 Å². The lowest BCUT2D eigenvalue weighted by atomic mass is 10.1. The van der Waals surface area contributed by atoms with Crippen LogP contribution in [-0.4, -0.2) is 21.0 Å². The Labute approximate surface area is 103 Å². The van der Waals surface area contributed by atoms with Crippen LogP contribution in [0.5, 0.6) is 0 Å². The number of hydrogen-bond acceptors (Lipinski definition) is 4. The van der Waals surface area contributed by atoms with Crippen molar-refractivity contribution in [2.75, 3.05) is 0 Å². The van der Waals surface area contributed by atoms with Crippen molar-refractivity contribution in [3.63, 3.8) is 0 Å². The smallest absolute Gasteiger partial charge is 0.336 e. The van der Waals surface area contributed by atoms with Crippen LogP contribution in [0.1, 0.15) is 15.9 Å². The van der Waals surface area contributed by atoms with Gasteiger partial charge in [-0.2, -0.15) is 0 Å². The first-order valence-electron chi connectivity index (χ1n) is 4.94. The van der Waals surface area contributed by atoms with Crippen LogP contribution >= 0.6 is 11.8 Å². The summed E-state index contributed by atoms with van der Waals surface area (Å²) in [4.78, 5) is 19.7. The van der Waals surface area contributed by atoms with Gasteiger partial charge in [-0.3, -0.25) is 0 Å². The van der Waals surface area contributed by atoms with Gasteiger partial charge in [-0.05, 0) is 25.1 Å². The van der Waals surface area contributed by atoms with E-state index in [1.54, 1.807) is 24.4 Å². The zero-order valence-corrected chi connectivity index (χ0v) is 9.94. The van der Waals surface area contributed by atoms with Crippen LogP contribution in [-0.2, 0) is 0 Å². The largest absolute Gasteiger partial charge is 0.478 e. The van der Waals surface area contributed by atoms with Crippen molar-refractivity contribution < 1.29 is 9.90 Å². The van der Waals surface area contributed by atoms with Crippen molar-refractivity contribution >= 4 is 17.7 Å². The molecule has 2 aromatic rings. The molecule has 1 N–H and O–H groups in total. The number of carboxylic acid groups (broad SMARTS) is 1. The van der Waals surface area contributed by atoms with E-state index >= 15 is 0 Å². The van der Waals surface area contributed by atoms with Gasteiger partial charge in [0.15, 0.2) is 0 Å². The van der Waals surface area contributed by atoms with Crippen LogP contribution < -0.4 is 0 Å². The number of benzene rings is 1. The van der Waals surface area contributed by atoms with E-state index in [2.05, 4.69) is 9.97 Å². The van der Waals surface area contributed by atoms with Crippen LogP contribution in [0.4, 0.5) is 0 Å². The molecule has 0 unspecified atom stereocenters. The van der Waals surface area contributed by atoms with Crippen molar-refractivity contribution in [2.24, 2.45) is 0 Å². The molecule has 4 nitrogen and oxygen atoms in total. The molecular formula is C12H10N2O2S. The molecule has 5 heteroatoms. The van der Waals surface area contributed by atoms with E-state index in [1.807, 2.05) is 13.0 Å². The molecule has 0 atom stereocenters. The Kier molecular flexibility index (Phi) is 3.39. The summed E-state index contributed by atoms with van der Waals surface area (Å²) in [7, 11) is 0. The lowest BCUT2D eigenvalue weighted by Crippen LogP contribution is -1.99. The van der Waals surface area contributed by atoms with Crippen molar-refractivity contribution in [1.82, 2.24) is 9.97 Å². The lowest BCUT2D eigenvalue weighted by Gasteiger charge is -2.05. The predicted octanol–water partition coefficient (Wildman–Crippen LogP) is 2.63. The molecule has 0 saturated carbocycles. The minimum absolute atomic E-state index is 0.300. The monoisotopic (exact) mass is 246 g/mol. The average Bonchev–Trinajstić information content (AvgIpc) is 2.32. The number of carbonyl (C=O) groups is 1. The zero-order chi connectivity index (χ0) is 12.3. The Morgan fingerprint density at radius 3 is 2.82 bits per heavy atom. The van der Waals surface area contributed by atoms with Crippen molar-refractivity contribution in [3.05, 3.63) is 47.9 Å². The fourth-order valence-corrected chi connectivity index (χ4v) is 2.20. The number of hydrogen-bond donors (Lipinski definition) is 1. The highest BCUT2D eigenvalue weighted by atomic mass is 32.2. The molecule has 0 saturated heterocycles. The Balaban J connectivity index is 2.36. The van der Waals surface area contributed by atoms with Crippen molar-refractivity contribution in [3.8, 4) is 0 Å². The number of nitrogens with zero attached hydrogens (tertiary/aromatic N) is 2. The number of carboxylic acids is 1. The van der Waals surface area contributed by atoms with Gasteiger partial charge in [-0.25, -0.2) is 14.8 Å². The molecule has 2 rings (SSSR count). The maximum absolute atomic E-state index is 11.1. The summed E-state index contributed by atoms with van der Waals surface area (Å²) < 4.78 is 0. The minimum Gasteiger partial charge on any atom is -0.478 e. The Morgan fingerprint density at radius 2 is 2.18 bits per heavy atom. The summed E-state index contributed by atoms with van der Waals surface area (Å²) in [5.74, 6) is -0.926. The number of aromatic nitrogens is 2. The van der Waals surface area contributed by atoms with Crippen molar-refractivity contribution in [2.45, 2.75) is 16.8 Å². The quantitative estimate of drug-likeness (QED) is 0.843. The van der Waals surface area contributed by atoms with Gasteiger partial charge in [0.05, 0.1) is 5.56 Å². The third-order valence-electron chi connectivity index (χ3n) is 2.13. The SMILES string of the molecule is Cc1ccc(Sc2ccncn2)c(C(=O)O)c1. The standard InChI is InChI=1S/C12H10N2O2S/c1-8-2-3-10(9(6-8)12(15)16)17-11-4-5-13-7-14-11/h2-7H,1H3,(H,15,16). The minimum atomic E-state index is -0.926. The van der Waals surface area contributed by atoms with E-state index in [0.717, 1.165) is 10.6 Å². The second-order valence-corrected chi connectivity index (χ2v) is 4.52. The van der Waals surface area contributed by atoms with Crippen LogP contribution in [0.2, 0.25) is 0 Å². The summed E-state index contributed by atoms with van der Waals surface area (Å²) in [5, 5.41) is 9.85. The molecule has 1 aromatic heterocycles. The normalized spacial score (nSPS) is 10.2. The van der Waals surface area contributed by atoms with Gasteiger partial charge in [-0.1, -0.05) is 23.4 Å². The molecule has 0 aliphatic rings. The van der Waals surface area contributed by atoms with Crippen LogP contribution in [0.25, 0.3) is 0 Å². The summed E-state index contributed by atoms with van der Waals surface area (Å²) in [6.45, 7) is 1.87. The number of rotatable bonds is 3. The Morgan fingerprint density at radius 1 is 1.35 bits per heavy atom. The lowest BCUT2D eigenvalue weighted by molar-refractivity contribution is 0.0693. The van der Waals surface area contributed by atoms with Gasteiger partial charge in [0.2, 0.25) is 0 Å². The van der Waals surface area contributed by atoms with Gasteiger partial charge in [-0.15, -0.1) is 0 Å². The van der Waals surface area contributed by atoms with E-state index in [1.165, 1.54) is 18.1 Å². The Hall–Kier alpha value is -1.88. The van der Waals surface area contributed by atoms with E-state index in [0.29, 0.717) is 10.5 Å². The number of aromatic carboxylic acids is 1. The Bertz CT molecular complexity index is 543. The molecule has 0 amide bonds. The van der Waals surface area contributed by atoms with Crippen LogP contribution in [0, 0.1) is 6.92 Å². The first-order chi connectivity index (χ1) is 8.16. The summed E-state index contributed by atoms with van der Waals surface area (Å²) in [5.41, 5.74) is 1.23. The average molecular weight is 246 g/mol. The van der Waals surface area contributed by atoms with E-state index in [-0.39, 0.29) is 0 Å². The molecule has 86 valence electrons. The molecule has 0 aliphatic carbocycles. The molecule has 1 heterocycles. The molecule has 0 aliphatic heterocycles. The number of aryl methyl sites for hydroxylation is 1. The molecule has 1 aromatic carbocycles. The van der Waals surface area contributed by atoms with Gasteiger partial charge in [0.25, 0.3) is 0 Å². The molecule has 0 spiro atoms. The van der Waals surface area contributed by atoms with Gasteiger partial charge in [0, 0.05) is 11.1 Å².